The van der Waals surface area contributed by atoms with Gasteiger partial charge in [-0.2, -0.15) is 0 Å². The van der Waals surface area contributed by atoms with E-state index in [1.807, 2.05) is 36.4 Å². The number of hydrogen-bond donors (Lipinski definition) is 3. The van der Waals surface area contributed by atoms with Gasteiger partial charge in [-0.3, -0.25) is 4.98 Å². The second-order valence-electron chi connectivity index (χ2n) is 8.61. The normalized spacial score (nSPS) is 15.7. The minimum Gasteiger partial charge on any atom is -0.489 e. The average molecular weight is 487 g/mol. The van der Waals surface area contributed by atoms with Gasteiger partial charge in [0.2, 0.25) is 0 Å². The molecule has 2 atom stereocenters. The van der Waals surface area contributed by atoms with Crippen molar-refractivity contribution in [2.75, 3.05) is 13.1 Å². The standard InChI is InChI=1S/C28H26N2O4S/c31-24(22-2-1-13-29-15-22)17-30-16-23-9-7-21-14-20(8-10-25(21)34-23)18-3-5-19(6-4-18)26-11-12-27(35-26)28(32)33/h1-6,8,10-15,23-24,30-31H,7,9,16-17H2,(H,32,33)/t23-,24-/m1/s1. The Hall–Kier alpha value is -3.52. The highest BCUT2D eigenvalue weighted by atomic mass is 32.1. The quantitative estimate of drug-likeness (QED) is 0.317. The highest BCUT2D eigenvalue weighted by molar-refractivity contribution is 7.17. The number of carboxylic acid groups (broad SMARTS) is 1. The number of thiophene rings is 1. The molecule has 0 aliphatic carbocycles. The van der Waals surface area contributed by atoms with Gasteiger partial charge in [-0.25, -0.2) is 4.79 Å². The molecule has 178 valence electrons. The number of benzene rings is 2. The van der Waals surface area contributed by atoms with Crippen LogP contribution in [0.4, 0.5) is 0 Å². The van der Waals surface area contributed by atoms with Crippen molar-refractivity contribution < 1.29 is 19.7 Å². The van der Waals surface area contributed by atoms with E-state index >= 15 is 0 Å². The third-order valence-electron chi connectivity index (χ3n) is 6.19. The smallest absolute Gasteiger partial charge is 0.345 e. The minimum absolute atomic E-state index is 0.0650. The molecular weight excluding hydrogens is 460 g/mol. The third kappa shape index (κ3) is 5.43. The first kappa shape index (κ1) is 23.2. The molecule has 7 heteroatoms. The van der Waals surface area contributed by atoms with E-state index in [0.29, 0.717) is 18.0 Å². The van der Waals surface area contributed by atoms with Crippen molar-refractivity contribution in [1.29, 1.82) is 0 Å². The van der Waals surface area contributed by atoms with Crippen LogP contribution in [0.25, 0.3) is 21.6 Å². The van der Waals surface area contributed by atoms with Gasteiger partial charge in [0.15, 0.2) is 0 Å². The largest absolute Gasteiger partial charge is 0.489 e. The maximum Gasteiger partial charge on any atom is 0.345 e. The summed E-state index contributed by atoms with van der Waals surface area (Å²) >= 11 is 1.28. The predicted octanol–water partition coefficient (Wildman–Crippen LogP) is 5.19. The molecule has 6 nitrogen and oxygen atoms in total. The number of rotatable bonds is 8. The molecule has 2 aromatic heterocycles. The van der Waals surface area contributed by atoms with Crippen molar-refractivity contribution >= 4 is 17.3 Å². The van der Waals surface area contributed by atoms with Crippen molar-refractivity contribution in [2.45, 2.75) is 25.0 Å². The SMILES string of the molecule is O=C(O)c1ccc(-c2ccc(-c3ccc4c(c3)CC[C@H](CNC[C@@H](O)c3cccnc3)O4)cc2)s1. The van der Waals surface area contributed by atoms with E-state index in [9.17, 15) is 9.90 Å². The van der Waals surface area contributed by atoms with Crippen molar-refractivity contribution in [2.24, 2.45) is 0 Å². The highest BCUT2D eigenvalue weighted by Gasteiger charge is 2.20. The van der Waals surface area contributed by atoms with E-state index in [2.05, 4.69) is 34.6 Å². The number of carbonyl (C=O) groups is 1. The molecule has 0 spiro atoms. The number of aliphatic hydroxyl groups excluding tert-OH is 1. The van der Waals surface area contributed by atoms with E-state index in [1.165, 1.54) is 16.9 Å². The Balaban J connectivity index is 1.19. The van der Waals surface area contributed by atoms with Gasteiger partial charge in [0.25, 0.3) is 0 Å². The van der Waals surface area contributed by atoms with Crippen LogP contribution in [0.3, 0.4) is 0 Å². The molecule has 3 heterocycles. The summed E-state index contributed by atoms with van der Waals surface area (Å²) < 4.78 is 6.21. The molecule has 2 aromatic carbocycles. The Bertz CT molecular complexity index is 1300. The summed E-state index contributed by atoms with van der Waals surface area (Å²) in [4.78, 5) is 16.5. The molecule has 0 unspecified atom stereocenters. The number of aromatic carboxylic acids is 1. The van der Waals surface area contributed by atoms with Crippen LogP contribution in [0.15, 0.2) is 79.1 Å². The molecule has 5 rings (SSSR count). The first-order valence-corrected chi connectivity index (χ1v) is 12.4. The van der Waals surface area contributed by atoms with E-state index < -0.39 is 12.1 Å². The van der Waals surface area contributed by atoms with Crippen molar-refractivity contribution in [3.63, 3.8) is 0 Å². The monoisotopic (exact) mass is 486 g/mol. The number of nitrogens with zero attached hydrogens (tertiary/aromatic N) is 1. The Morgan fingerprint density at radius 1 is 1.09 bits per heavy atom. The molecule has 4 aromatic rings. The number of aryl methyl sites for hydroxylation is 1. The summed E-state index contributed by atoms with van der Waals surface area (Å²) in [6.45, 7) is 1.13. The van der Waals surface area contributed by atoms with Gasteiger partial charge < -0.3 is 20.3 Å². The maximum atomic E-state index is 11.1. The number of aromatic nitrogens is 1. The van der Waals surface area contributed by atoms with Gasteiger partial charge in [0, 0.05) is 35.9 Å². The lowest BCUT2D eigenvalue weighted by Gasteiger charge is -2.27. The first-order chi connectivity index (χ1) is 17.1. The lowest BCUT2D eigenvalue weighted by molar-refractivity contribution is 0.0702. The van der Waals surface area contributed by atoms with E-state index in [-0.39, 0.29) is 6.10 Å². The molecule has 0 amide bonds. The van der Waals surface area contributed by atoms with Gasteiger partial charge in [0.05, 0.1) is 6.10 Å². The number of nitrogens with one attached hydrogen (secondary N) is 1. The van der Waals surface area contributed by atoms with Crippen LogP contribution in [-0.2, 0) is 6.42 Å². The Morgan fingerprint density at radius 3 is 2.63 bits per heavy atom. The Morgan fingerprint density at radius 2 is 1.89 bits per heavy atom. The van der Waals surface area contributed by atoms with Crippen LogP contribution >= 0.6 is 11.3 Å². The van der Waals surface area contributed by atoms with Gasteiger partial charge in [-0.15, -0.1) is 11.3 Å². The summed E-state index contributed by atoms with van der Waals surface area (Å²) in [5, 5.41) is 22.7. The first-order valence-electron chi connectivity index (χ1n) is 11.6. The zero-order valence-corrected chi connectivity index (χ0v) is 19.9. The number of fused-ring (bicyclic) bond motifs is 1. The average Bonchev–Trinajstić information content (AvgIpc) is 3.40. The lowest BCUT2D eigenvalue weighted by Crippen LogP contribution is -2.36. The zero-order valence-electron chi connectivity index (χ0n) is 19.1. The fourth-order valence-electron chi connectivity index (χ4n) is 4.27. The van der Waals surface area contributed by atoms with Crippen LogP contribution in [-0.4, -0.2) is 40.4 Å². The number of aliphatic hydroxyl groups is 1. The summed E-state index contributed by atoms with van der Waals surface area (Å²) in [7, 11) is 0. The topological polar surface area (TPSA) is 91.7 Å². The molecule has 35 heavy (non-hydrogen) atoms. The highest BCUT2D eigenvalue weighted by Crippen LogP contribution is 2.34. The fraction of sp³-hybridized carbons (Fsp3) is 0.214. The van der Waals surface area contributed by atoms with Crippen LogP contribution in [0.2, 0.25) is 0 Å². The predicted molar refractivity (Wildman–Crippen MR) is 137 cm³/mol. The number of hydrogen-bond acceptors (Lipinski definition) is 6. The summed E-state index contributed by atoms with van der Waals surface area (Å²) in [6.07, 6.45) is 4.70. The Labute approximate surface area is 207 Å². The fourth-order valence-corrected chi connectivity index (χ4v) is 5.13. The van der Waals surface area contributed by atoms with Crippen molar-refractivity contribution in [3.05, 3.63) is 95.1 Å². The molecule has 0 saturated carbocycles. The molecule has 0 saturated heterocycles. The molecule has 0 bridgehead atoms. The summed E-state index contributed by atoms with van der Waals surface area (Å²) in [5.41, 5.74) is 5.25. The molecule has 1 aliphatic rings. The van der Waals surface area contributed by atoms with Crippen molar-refractivity contribution in [3.8, 4) is 27.3 Å². The molecule has 0 fully saturated rings. The van der Waals surface area contributed by atoms with Crippen LogP contribution in [0.5, 0.6) is 5.75 Å². The van der Waals surface area contributed by atoms with Gasteiger partial charge in [-0.1, -0.05) is 36.4 Å². The molecular formula is C28H26N2O4S. The second-order valence-corrected chi connectivity index (χ2v) is 9.69. The van der Waals surface area contributed by atoms with Gasteiger partial charge >= 0.3 is 5.97 Å². The molecule has 0 radical (unpaired) electrons. The second kappa shape index (κ2) is 10.4. The molecule has 1 aliphatic heterocycles. The third-order valence-corrected chi connectivity index (χ3v) is 7.31. The van der Waals surface area contributed by atoms with Crippen LogP contribution in [0.1, 0.15) is 33.3 Å². The maximum absolute atomic E-state index is 11.1. The summed E-state index contributed by atoms with van der Waals surface area (Å²) in [5.74, 6) is 0.0190. The number of ether oxygens (including phenoxy) is 1. The van der Waals surface area contributed by atoms with E-state index in [1.54, 1.807) is 18.5 Å². The van der Waals surface area contributed by atoms with Crippen LogP contribution < -0.4 is 10.1 Å². The summed E-state index contributed by atoms with van der Waals surface area (Å²) in [6, 6.07) is 21.7. The number of pyridine rings is 1. The zero-order chi connectivity index (χ0) is 24.2. The van der Waals surface area contributed by atoms with Crippen molar-refractivity contribution in [1.82, 2.24) is 10.3 Å². The van der Waals surface area contributed by atoms with E-state index in [4.69, 9.17) is 9.84 Å². The van der Waals surface area contributed by atoms with Gasteiger partial charge in [0.1, 0.15) is 16.7 Å². The lowest BCUT2D eigenvalue weighted by atomic mass is 9.96. The molecule has 3 N–H and O–H groups in total. The Kier molecular flexibility index (Phi) is 6.90. The minimum atomic E-state index is -0.894. The van der Waals surface area contributed by atoms with Gasteiger partial charge in [-0.05, 0) is 65.4 Å². The van der Waals surface area contributed by atoms with E-state index in [0.717, 1.165) is 45.7 Å². The number of carboxylic acids is 1. The van der Waals surface area contributed by atoms with Crippen LogP contribution in [0, 0.1) is 0 Å².